The Morgan fingerprint density at radius 3 is 2.54 bits per heavy atom. The van der Waals surface area contributed by atoms with Crippen LogP contribution in [0.15, 0.2) is 22.7 Å². The van der Waals surface area contributed by atoms with E-state index in [1.165, 1.54) is 0 Å². The summed E-state index contributed by atoms with van der Waals surface area (Å²) in [5, 5.41) is 10.5. The Hall–Kier alpha value is -0.0500. The van der Waals surface area contributed by atoms with Crippen molar-refractivity contribution in [3.8, 4) is 0 Å². The van der Waals surface area contributed by atoms with Crippen molar-refractivity contribution in [2.75, 3.05) is 0 Å². The van der Waals surface area contributed by atoms with Crippen molar-refractivity contribution in [2.45, 2.75) is 20.0 Å². The fourth-order valence-electron chi connectivity index (χ4n) is 1.10. The minimum absolute atomic E-state index is 0.190. The second-order valence-corrected chi connectivity index (χ2v) is 4.65. The lowest BCUT2D eigenvalue weighted by molar-refractivity contribution is 0.126. The monoisotopic (exact) mass is 262 g/mol. The highest BCUT2D eigenvalue weighted by atomic mass is 79.9. The van der Waals surface area contributed by atoms with E-state index in [0.29, 0.717) is 5.02 Å². The Balaban J connectivity index is 3.05. The molecule has 13 heavy (non-hydrogen) atoms. The maximum atomic E-state index is 9.81. The molecule has 0 aliphatic heterocycles. The van der Waals surface area contributed by atoms with Crippen LogP contribution in [0, 0.1) is 5.92 Å². The molecule has 1 N–H and O–H groups in total. The van der Waals surface area contributed by atoms with Gasteiger partial charge in [0.15, 0.2) is 0 Å². The minimum Gasteiger partial charge on any atom is -0.388 e. The molecule has 0 radical (unpaired) electrons. The summed E-state index contributed by atoms with van der Waals surface area (Å²) >= 11 is 9.21. The van der Waals surface area contributed by atoms with Crippen LogP contribution in [0.2, 0.25) is 5.02 Å². The molecule has 0 spiro atoms. The molecule has 1 aromatic rings. The van der Waals surface area contributed by atoms with Crippen molar-refractivity contribution >= 4 is 27.5 Å². The smallest absolute Gasteiger partial charge is 0.0824 e. The Labute approximate surface area is 91.9 Å². The zero-order valence-corrected chi connectivity index (χ0v) is 9.93. The van der Waals surface area contributed by atoms with Gasteiger partial charge in [-0.3, -0.25) is 0 Å². The molecule has 1 unspecified atom stereocenters. The van der Waals surface area contributed by atoms with Crippen molar-refractivity contribution in [3.63, 3.8) is 0 Å². The zero-order valence-electron chi connectivity index (χ0n) is 7.59. The maximum Gasteiger partial charge on any atom is 0.0824 e. The van der Waals surface area contributed by atoms with E-state index in [9.17, 15) is 5.11 Å². The van der Waals surface area contributed by atoms with Gasteiger partial charge >= 0.3 is 0 Å². The van der Waals surface area contributed by atoms with Crippen molar-refractivity contribution in [3.05, 3.63) is 33.3 Å². The zero-order chi connectivity index (χ0) is 10.0. The molecule has 0 fully saturated rings. The normalized spacial score (nSPS) is 13.4. The molecular weight excluding hydrogens is 251 g/mol. The first kappa shape index (κ1) is 11.0. The number of hydrogen-bond acceptors (Lipinski definition) is 1. The lowest BCUT2D eigenvalue weighted by atomic mass is 9.99. The second kappa shape index (κ2) is 4.45. The molecule has 0 aliphatic carbocycles. The number of rotatable bonds is 2. The van der Waals surface area contributed by atoms with Crippen molar-refractivity contribution < 1.29 is 5.11 Å². The van der Waals surface area contributed by atoms with E-state index in [2.05, 4.69) is 15.9 Å². The summed E-state index contributed by atoms with van der Waals surface area (Å²) in [6.45, 7) is 3.94. The Morgan fingerprint density at radius 1 is 1.38 bits per heavy atom. The summed E-state index contributed by atoms with van der Waals surface area (Å²) in [5.41, 5.74) is 0.850. The van der Waals surface area contributed by atoms with Gasteiger partial charge in [0.05, 0.1) is 6.10 Å². The predicted molar refractivity (Wildman–Crippen MR) is 58.9 cm³/mol. The third-order valence-corrected chi connectivity index (χ3v) is 2.87. The van der Waals surface area contributed by atoms with E-state index in [1.807, 2.05) is 19.9 Å². The molecule has 0 aromatic heterocycles. The van der Waals surface area contributed by atoms with E-state index in [0.717, 1.165) is 10.0 Å². The third-order valence-electron chi connectivity index (χ3n) is 1.91. The van der Waals surface area contributed by atoms with Gasteiger partial charge in [-0.05, 0) is 29.7 Å². The lowest BCUT2D eigenvalue weighted by Gasteiger charge is -2.16. The van der Waals surface area contributed by atoms with Crippen molar-refractivity contribution in [1.82, 2.24) is 0 Å². The summed E-state index contributed by atoms with van der Waals surface area (Å²) in [5.74, 6) is 0.190. The van der Waals surface area contributed by atoms with Crippen molar-refractivity contribution in [2.24, 2.45) is 5.92 Å². The van der Waals surface area contributed by atoms with Gasteiger partial charge in [0.2, 0.25) is 0 Å². The number of benzene rings is 1. The van der Waals surface area contributed by atoms with Gasteiger partial charge in [-0.15, -0.1) is 0 Å². The van der Waals surface area contributed by atoms with Gasteiger partial charge < -0.3 is 5.11 Å². The number of hydrogen-bond donors (Lipinski definition) is 1. The molecule has 0 amide bonds. The molecule has 0 saturated carbocycles. The van der Waals surface area contributed by atoms with Gasteiger partial charge in [-0.2, -0.15) is 0 Å². The highest BCUT2D eigenvalue weighted by Crippen LogP contribution is 2.30. The molecule has 72 valence electrons. The number of halogens is 2. The van der Waals surface area contributed by atoms with Gasteiger partial charge in [0, 0.05) is 9.50 Å². The fourth-order valence-corrected chi connectivity index (χ4v) is 1.76. The molecule has 0 saturated heterocycles. The van der Waals surface area contributed by atoms with Gasteiger partial charge in [0.1, 0.15) is 0 Å². The quantitative estimate of drug-likeness (QED) is 0.861. The SMILES string of the molecule is CC(C)C(O)c1cc(Cl)ccc1Br. The first-order valence-corrected chi connectivity index (χ1v) is 5.32. The maximum absolute atomic E-state index is 9.81. The Kier molecular flexibility index (Phi) is 3.77. The molecule has 1 nitrogen and oxygen atoms in total. The molecule has 3 heteroatoms. The lowest BCUT2D eigenvalue weighted by Crippen LogP contribution is -2.05. The molecule has 1 aromatic carbocycles. The average Bonchev–Trinajstić information content (AvgIpc) is 2.08. The first-order valence-electron chi connectivity index (χ1n) is 4.15. The Bertz CT molecular complexity index is 299. The van der Waals surface area contributed by atoms with Crippen LogP contribution in [-0.4, -0.2) is 5.11 Å². The van der Waals surface area contributed by atoms with Crippen LogP contribution < -0.4 is 0 Å². The van der Waals surface area contributed by atoms with E-state index in [1.54, 1.807) is 12.1 Å². The van der Waals surface area contributed by atoms with E-state index in [-0.39, 0.29) is 5.92 Å². The van der Waals surface area contributed by atoms with Crippen LogP contribution in [0.1, 0.15) is 25.5 Å². The topological polar surface area (TPSA) is 20.2 Å². The molecular formula is C10H12BrClO. The highest BCUT2D eigenvalue weighted by molar-refractivity contribution is 9.10. The van der Waals surface area contributed by atoms with Crippen LogP contribution in [0.4, 0.5) is 0 Å². The summed E-state index contributed by atoms with van der Waals surface area (Å²) in [7, 11) is 0. The number of aliphatic hydroxyl groups excluding tert-OH is 1. The third kappa shape index (κ3) is 2.70. The average molecular weight is 264 g/mol. The van der Waals surface area contributed by atoms with E-state index in [4.69, 9.17) is 11.6 Å². The van der Waals surface area contributed by atoms with Gasteiger partial charge in [-0.25, -0.2) is 0 Å². The summed E-state index contributed by atoms with van der Waals surface area (Å²) < 4.78 is 0.901. The van der Waals surface area contributed by atoms with Crippen LogP contribution in [-0.2, 0) is 0 Å². The standard InChI is InChI=1S/C10H12BrClO/c1-6(2)10(13)8-5-7(12)3-4-9(8)11/h3-6,10,13H,1-2H3. The van der Waals surface area contributed by atoms with Gasteiger partial charge in [0.25, 0.3) is 0 Å². The van der Waals surface area contributed by atoms with Gasteiger partial charge in [-0.1, -0.05) is 41.4 Å². The molecule has 1 atom stereocenters. The predicted octanol–water partition coefficient (Wildman–Crippen LogP) is 3.79. The van der Waals surface area contributed by atoms with Crippen molar-refractivity contribution in [1.29, 1.82) is 0 Å². The molecule has 1 rings (SSSR count). The fraction of sp³-hybridized carbons (Fsp3) is 0.400. The Morgan fingerprint density at radius 2 is 2.00 bits per heavy atom. The highest BCUT2D eigenvalue weighted by Gasteiger charge is 2.15. The molecule has 0 heterocycles. The van der Waals surface area contributed by atoms with Crippen LogP contribution in [0.3, 0.4) is 0 Å². The van der Waals surface area contributed by atoms with E-state index < -0.39 is 6.10 Å². The number of aliphatic hydroxyl groups is 1. The largest absolute Gasteiger partial charge is 0.388 e. The first-order chi connectivity index (χ1) is 6.02. The van der Waals surface area contributed by atoms with Crippen LogP contribution in [0.5, 0.6) is 0 Å². The molecule has 0 bridgehead atoms. The minimum atomic E-state index is -0.465. The van der Waals surface area contributed by atoms with Crippen LogP contribution in [0.25, 0.3) is 0 Å². The summed E-state index contributed by atoms with van der Waals surface area (Å²) in [4.78, 5) is 0. The summed E-state index contributed by atoms with van der Waals surface area (Å²) in [6.07, 6.45) is -0.465. The molecule has 0 aliphatic rings. The van der Waals surface area contributed by atoms with Crippen LogP contribution >= 0.6 is 27.5 Å². The van der Waals surface area contributed by atoms with E-state index >= 15 is 0 Å². The second-order valence-electron chi connectivity index (χ2n) is 3.35. The summed E-state index contributed by atoms with van der Waals surface area (Å²) in [6, 6.07) is 5.43.